The molecule has 1 aliphatic carbocycles. The van der Waals surface area contributed by atoms with Crippen LogP contribution in [0.1, 0.15) is 35.6 Å². The lowest BCUT2D eigenvalue weighted by molar-refractivity contribution is 0.418. The molecular weight excluding hydrogens is 303 g/mol. The molecule has 0 saturated heterocycles. The van der Waals surface area contributed by atoms with E-state index in [0.29, 0.717) is 11.4 Å². The topological polar surface area (TPSA) is 38.1 Å². The number of hydrogen-bond donors (Lipinski definition) is 1. The molecule has 1 aromatic heterocycles. The van der Waals surface area contributed by atoms with E-state index in [4.69, 9.17) is 4.52 Å². The Morgan fingerprint density at radius 1 is 1.12 bits per heavy atom. The van der Waals surface area contributed by atoms with E-state index < -0.39 is 0 Å². The van der Waals surface area contributed by atoms with E-state index in [1.807, 2.05) is 49.5 Å². The number of aromatic nitrogens is 1. The van der Waals surface area contributed by atoms with E-state index in [0.717, 1.165) is 41.6 Å². The first kappa shape index (κ1) is 14.9. The number of nitrogens with zero attached hydrogens (tertiary/aromatic N) is 1. The summed E-state index contributed by atoms with van der Waals surface area (Å²) in [7, 11) is 1.82. The van der Waals surface area contributed by atoms with Crippen LogP contribution in [0.5, 0.6) is 0 Å². The molecule has 0 spiro atoms. The van der Waals surface area contributed by atoms with E-state index in [1.165, 1.54) is 0 Å². The Morgan fingerprint density at radius 3 is 2.71 bits per heavy atom. The summed E-state index contributed by atoms with van der Waals surface area (Å²) in [6.07, 6.45) is 2.83. The molecule has 0 saturated carbocycles. The molecule has 1 aliphatic rings. The van der Waals surface area contributed by atoms with Crippen molar-refractivity contribution in [2.45, 2.75) is 25.2 Å². The van der Waals surface area contributed by atoms with E-state index in [1.54, 1.807) is 6.07 Å². The van der Waals surface area contributed by atoms with Crippen LogP contribution >= 0.6 is 0 Å². The lowest BCUT2D eigenvalue weighted by atomic mass is 9.82. The van der Waals surface area contributed by atoms with E-state index in [2.05, 4.69) is 10.5 Å². The molecule has 0 bridgehead atoms. The first-order valence-electron chi connectivity index (χ1n) is 8.29. The van der Waals surface area contributed by atoms with Crippen molar-refractivity contribution in [3.05, 3.63) is 71.2 Å². The Kier molecular flexibility index (Phi) is 3.81. The van der Waals surface area contributed by atoms with Gasteiger partial charge in [-0.3, -0.25) is 0 Å². The third-order valence-electron chi connectivity index (χ3n) is 4.78. The highest BCUT2D eigenvalue weighted by Crippen LogP contribution is 2.40. The normalized spacial score (nSPS) is 16.7. The van der Waals surface area contributed by atoms with Gasteiger partial charge < -0.3 is 9.84 Å². The summed E-state index contributed by atoms with van der Waals surface area (Å²) >= 11 is 0. The predicted molar refractivity (Wildman–Crippen MR) is 92.7 cm³/mol. The molecule has 0 radical (unpaired) electrons. The molecular formula is C20H19FN2O. The highest BCUT2D eigenvalue weighted by Gasteiger charge is 2.30. The second kappa shape index (κ2) is 6.11. The molecule has 2 aromatic carbocycles. The van der Waals surface area contributed by atoms with Gasteiger partial charge in [-0.25, -0.2) is 4.39 Å². The first-order valence-corrected chi connectivity index (χ1v) is 8.29. The average Bonchev–Trinajstić information content (AvgIpc) is 3.06. The average molecular weight is 322 g/mol. The zero-order valence-electron chi connectivity index (χ0n) is 13.6. The fourth-order valence-electron chi connectivity index (χ4n) is 3.58. The first-order chi connectivity index (χ1) is 11.8. The van der Waals surface area contributed by atoms with Crippen molar-refractivity contribution in [2.75, 3.05) is 12.4 Å². The van der Waals surface area contributed by atoms with Crippen LogP contribution in [0.15, 0.2) is 53.1 Å². The van der Waals surface area contributed by atoms with Gasteiger partial charge in [0.2, 0.25) is 5.88 Å². The molecule has 3 nitrogen and oxygen atoms in total. The number of nitrogens with one attached hydrogen (secondary N) is 1. The van der Waals surface area contributed by atoms with Gasteiger partial charge in [0.25, 0.3) is 0 Å². The van der Waals surface area contributed by atoms with Crippen LogP contribution in [0, 0.1) is 5.82 Å². The lowest BCUT2D eigenvalue weighted by Crippen LogP contribution is -2.12. The Morgan fingerprint density at radius 2 is 1.96 bits per heavy atom. The fraction of sp³-hybridized carbons (Fsp3) is 0.250. The Labute approximate surface area is 140 Å². The van der Waals surface area contributed by atoms with Crippen molar-refractivity contribution in [2.24, 2.45) is 0 Å². The van der Waals surface area contributed by atoms with Crippen LogP contribution in [-0.2, 0) is 6.42 Å². The molecule has 24 heavy (non-hydrogen) atoms. The standard InChI is InChI=1S/C20H19FN2O/c1-22-20-17-9-5-8-16(19(17)23-24-20)15-11-10-14(12-18(15)21)13-6-3-2-4-7-13/h2-4,6-7,10-12,16,22H,5,8-9H2,1H3. The van der Waals surface area contributed by atoms with Gasteiger partial charge in [-0.05, 0) is 42.0 Å². The van der Waals surface area contributed by atoms with Crippen molar-refractivity contribution in [3.63, 3.8) is 0 Å². The molecule has 1 atom stereocenters. The molecule has 122 valence electrons. The van der Waals surface area contributed by atoms with Gasteiger partial charge in [0, 0.05) is 18.5 Å². The van der Waals surface area contributed by atoms with Crippen molar-refractivity contribution in [1.82, 2.24) is 5.16 Å². The Balaban J connectivity index is 1.72. The molecule has 1 heterocycles. The number of benzene rings is 2. The monoisotopic (exact) mass is 322 g/mol. The minimum atomic E-state index is -0.178. The van der Waals surface area contributed by atoms with Gasteiger partial charge in [-0.15, -0.1) is 0 Å². The summed E-state index contributed by atoms with van der Waals surface area (Å²) in [5.41, 5.74) is 4.57. The molecule has 3 aromatic rings. The zero-order valence-corrected chi connectivity index (χ0v) is 13.6. The van der Waals surface area contributed by atoms with Gasteiger partial charge in [0.05, 0.1) is 5.69 Å². The molecule has 1 N–H and O–H groups in total. The second-order valence-electron chi connectivity index (χ2n) is 6.17. The summed E-state index contributed by atoms with van der Waals surface area (Å²) < 4.78 is 20.2. The summed E-state index contributed by atoms with van der Waals surface area (Å²) in [4.78, 5) is 0. The Hall–Kier alpha value is -2.62. The van der Waals surface area contributed by atoms with Gasteiger partial charge in [0.1, 0.15) is 5.82 Å². The number of rotatable bonds is 3. The molecule has 4 rings (SSSR count). The number of fused-ring (bicyclic) bond motifs is 1. The van der Waals surface area contributed by atoms with Gasteiger partial charge in [-0.2, -0.15) is 0 Å². The third kappa shape index (κ3) is 2.48. The predicted octanol–water partition coefficient (Wildman–Crippen LogP) is 4.99. The van der Waals surface area contributed by atoms with Crippen LogP contribution in [-0.4, -0.2) is 12.2 Å². The number of hydrogen-bond acceptors (Lipinski definition) is 3. The van der Waals surface area contributed by atoms with Crippen LogP contribution in [0.3, 0.4) is 0 Å². The maximum Gasteiger partial charge on any atom is 0.227 e. The Bertz CT molecular complexity index is 857. The summed E-state index contributed by atoms with van der Waals surface area (Å²) in [6, 6.07) is 15.4. The molecule has 0 fully saturated rings. The molecule has 0 amide bonds. The van der Waals surface area contributed by atoms with Crippen LogP contribution < -0.4 is 5.32 Å². The quantitative estimate of drug-likeness (QED) is 0.738. The largest absolute Gasteiger partial charge is 0.357 e. The van der Waals surface area contributed by atoms with Gasteiger partial charge in [-0.1, -0.05) is 47.6 Å². The zero-order chi connectivity index (χ0) is 16.5. The molecule has 0 aliphatic heterocycles. The van der Waals surface area contributed by atoms with Crippen molar-refractivity contribution in [1.29, 1.82) is 0 Å². The maximum absolute atomic E-state index is 14.8. The van der Waals surface area contributed by atoms with Crippen LogP contribution in [0.4, 0.5) is 10.3 Å². The van der Waals surface area contributed by atoms with Crippen molar-refractivity contribution < 1.29 is 8.91 Å². The van der Waals surface area contributed by atoms with E-state index in [9.17, 15) is 4.39 Å². The highest BCUT2D eigenvalue weighted by molar-refractivity contribution is 5.64. The smallest absolute Gasteiger partial charge is 0.227 e. The SMILES string of the molecule is CNc1onc2c1CCCC2c1ccc(-c2ccccc2)cc1F. The third-order valence-corrected chi connectivity index (χ3v) is 4.78. The molecule has 1 unspecified atom stereocenters. The molecule has 4 heteroatoms. The minimum Gasteiger partial charge on any atom is -0.357 e. The summed E-state index contributed by atoms with van der Waals surface area (Å²) in [6.45, 7) is 0. The maximum atomic E-state index is 14.8. The van der Waals surface area contributed by atoms with Crippen molar-refractivity contribution in [3.8, 4) is 11.1 Å². The van der Waals surface area contributed by atoms with E-state index >= 15 is 0 Å². The van der Waals surface area contributed by atoms with Gasteiger partial charge in [0.15, 0.2) is 0 Å². The lowest BCUT2D eigenvalue weighted by Gasteiger charge is -2.22. The van der Waals surface area contributed by atoms with E-state index in [-0.39, 0.29) is 11.7 Å². The number of anilines is 1. The fourth-order valence-corrected chi connectivity index (χ4v) is 3.58. The summed E-state index contributed by atoms with van der Waals surface area (Å²) in [5, 5.41) is 7.23. The second-order valence-corrected chi connectivity index (χ2v) is 6.17. The van der Waals surface area contributed by atoms with Crippen LogP contribution in [0.25, 0.3) is 11.1 Å². The number of halogens is 1. The van der Waals surface area contributed by atoms with Gasteiger partial charge >= 0.3 is 0 Å². The summed E-state index contributed by atoms with van der Waals surface area (Å²) in [5.74, 6) is 0.489. The van der Waals surface area contributed by atoms with Crippen LogP contribution in [0.2, 0.25) is 0 Å². The minimum absolute atomic E-state index is 0.0376. The highest BCUT2D eigenvalue weighted by atomic mass is 19.1. The van der Waals surface area contributed by atoms with Crippen molar-refractivity contribution >= 4 is 5.88 Å².